The van der Waals surface area contributed by atoms with E-state index in [1.807, 2.05) is 24.3 Å². The lowest BCUT2D eigenvalue weighted by atomic mass is 9.87. The Bertz CT molecular complexity index is 2350. The Hall–Kier alpha value is -5.13. The minimum Gasteiger partial charge on any atom is -0.311 e. The van der Waals surface area contributed by atoms with Crippen LogP contribution in [-0.2, 0) is 27.1 Å². The van der Waals surface area contributed by atoms with E-state index in [9.17, 15) is 8.42 Å². The van der Waals surface area contributed by atoms with Gasteiger partial charge in [0.2, 0.25) is 9.84 Å². The first kappa shape index (κ1) is 43.4. The maximum atomic E-state index is 14.2. The SMILES string of the molecule is CCCCCc1ccc(N(c2ccc(C(C)(C)C)cc2)c2ccc(S(=O)(=O)c3ccc(N(c4ccc(C(C)CCC)cc4)c4ccc(C(C)(C)C)cc4)cc3)cc2)cc1. The lowest BCUT2D eigenvalue weighted by Gasteiger charge is -2.27. The Morgan fingerprint density at radius 3 is 1.14 bits per heavy atom. The van der Waals surface area contributed by atoms with E-state index in [2.05, 4.69) is 169 Å². The lowest BCUT2D eigenvalue weighted by Crippen LogP contribution is -2.13. The number of unbranched alkanes of at least 4 members (excludes halogenated alkanes) is 2. The normalized spacial score (nSPS) is 12.6. The number of hydrogen-bond acceptors (Lipinski definition) is 4. The Morgan fingerprint density at radius 1 is 0.458 bits per heavy atom. The van der Waals surface area contributed by atoms with Crippen LogP contribution in [0.4, 0.5) is 34.1 Å². The fourth-order valence-electron chi connectivity index (χ4n) is 7.74. The summed E-state index contributed by atoms with van der Waals surface area (Å²) in [7, 11) is -3.80. The number of aryl methyl sites for hydroxylation is 1. The molecule has 59 heavy (non-hydrogen) atoms. The van der Waals surface area contributed by atoms with Gasteiger partial charge in [0, 0.05) is 34.1 Å². The fraction of sp³-hybridized carbons (Fsp3) is 0.333. The number of nitrogens with zero attached hydrogens (tertiary/aromatic N) is 2. The molecule has 0 heterocycles. The number of hydrogen-bond donors (Lipinski definition) is 0. The van der Waals surface area contributed by atoms with E-state index < -0.39 is 9.84 Å². The maximum Gasteiger partial charge on any atom is 0.206 e. The monoisotopic (exact) mass is 804 g/mol. The van der Waals surface area contributed by atoms with Crippen molar-refractivity contribution in [2.75, 3.05) is 9.80 Å². The molecule has 308 valence electrons. The lowest BCUT2D eigenvalue weighted by molar-refractivity contribution is 0.590. The third-order valence-corrected chi connectivity index (χ3v) is 13.3. The van der Waals surface area contributed by atoms with Crippen molar-refractivity contribution < 1.29 is 8.42 Å². The molecule has 0 aliphatic rings. The third kappa shape index (κ3) is 10.4. The molecule has 0 aliphatic heterocycles. The highest BCUT2D eigenvalue weighted by Gasteiger charge is 2.22. The van der Waals surface area contributed by atoms with Crippen molar-refractivity contribution >= 4 is 44.0 Å². The largest absolute Gasteiger partial charge is 0.311 e. The molecule has 0 fully saturated rings. The molecule has 6 rings (SSSR count). The summed E-state index contributed by atoms with van der Waals surface area (Å²) in [5.74, 6) is 0.488. The standard InChI is InChI=1S/C54H64N2O2S/c1-10-12-13-15-41-16-24-45(25-17-41)55(47-28-20-43(21-29-47)53(4,5)6)49-32-36-51(37-33-49)59(57,58)52-38-34-50(35-39-52)56(48-30-22-44(23-31-48)54(7,8)9)46-26-18-42(19-27-46)40(3)14-11-2/h16-40H,10-15H2,1-9H3. The molecule has 0 amide bonds. The molecule has 0 N–H and O–H groups in total. The molecule has 0 aliphatic carbocycles. The predicted molar refractivity (Wildman–Crippen MR) is 252 cm³/mol. The van der Waals surface area contributed by atoms with E-state index in [0.717, 1.165) is 53.4 Å². The Balaban J connectivity index is 1.31. The summed E-state index contributed by atoms with van der Waals surface area (Å²) in [6, 6.07) is 49.6. The summed E-state index contributed by atoms with van der Waals surface area (Å²) in [6.07, 6.45) is 6.97. The summed E-state index contributed by atoms with van der Waals surface area (Å²) in [6.45, 7) is 20.1. The Labute approximate surface area is 355 Å². The van der Waals surface area contributed by atoms with E-state index in [1.165, 1.54) is 41.5 Å². The van der Waals surface area contributed by atoms with Crippen LogP contribution in [-0.4, -0.2) is 8.42 Å². The molecule has 6 aromatic carbocycles. The zero-order valence-corrected chi connectivity index (χ0v) is 37.6. The molecule has 0 aromatic heterocycles. The van der Waals surface area contributed by atoms with Gasteiger partial charge in [0.25, 0.3) is 0 Å². The molecule has 0 spiro atoms. The van der Waals surface area contributed by atoms with Crippen LogP contribution < -0.4 is 9.80 Å². The van der Waals surface area contributed by atoms with Gasteiger partial charge in [-0.05, 0) is 155 Å². The van der Waals surface area contributed by atoms with Crippen molar-refractivity contribution in [3.8, 4) is 0 Å². The van der Waals surface area contributed by atoms with Crippen LogP contribution in [0.15, 0.2) is 155 Å². The summed E-state index contributed by atoms with van der Waals surface area (Å²) in [4.78, 5) is 4.92. The average Bonchev–Trinajstić information content (AvgIpc) is 3.22. The highest BCUT2D eigenvalue weighted by atomic mass is 32.2. The van der Waals surface area contributed by atoms with Crippen LogP contribution in [0, 0.1) is 0 Å². The minimum atomic E-state index is -3.80. The van der Waals surface area contributed by atoms with Crippen molar-refractivity contribution in [1.82, 2.24) is 0 Å². The maximum absolute atomic E-state index is 14.2. The third-order valence-electron chi connectivity index (χ3n) is 11.5. The van der Waals surface area contributed by atoms with Gasteiger partial charge in [0.15, 0.2) is 0 Å². The number of anilines is 6. The highest BCUT2D eigenvalue weighted by Crippen LogP contribution is 2.39. The highest BCUT2D eigenvalue weighted by molar-refractivity contribution is 7.91. The van der Waals surface area contributed by atoms with E-state index in [0.29, 0.717) is 5.92 Å². The zero-order chi connectivity index (χ0) is 42.4. The van der Waals surface area contributed by atoms with Crippen LogP contribution in [0.1, 0.15) is 123 Å². The summed E-state index contributed by atoms with van der Waals surface area (Å²) < 4.78 is 28.4. The van der Waals surface area contributed by atoms with Gasteiger partial charge in [-0.3, -0.25) is 0 Å². The van der Waals surface area contributed by atoms with Crippen molar-refractivity contribution in [3.63, 3.8) is 0 Å². The second kappa shape index (κ2) is 18.4. The van der Waals surface area contributed by atoms with Gasteiger partial charge in [-0.2, -0.15) is 0 Å². The van der Waals surface area contributed by atoms with Gasteiger partial charge in [0.05, 0.1) is 9.79 Å². The van der Waals surface area contributed by atoms with Crippen LogP contribution >= 0.6 is 0 Å². The second-order valence-corrected chi connectivity index (χ2v) is 20.1. The van der Waals surface area contributed by atoms with Gasteiger partial charge in [-0.15, -0.1) is 0 Å². The smallest absolute Gasteiger partial charge is 0.206 e. The summed E-state index contributed by atoms with van der Waals surface area (Å²) >= 11 is 0. The molecule has 4 nitrogen and oxygen atoms in total. The zero-order valence-electron chi connectivity index (χ0n) is 36.8. The average molecular weight is 805 g/mol. The van der Waals surface area contributed by atoms with E-state index in [-0.39, 0.29) is 20.6 Å². The molecule has 0 saturated carbocycles. The minimum absolute atomic E-state index is 0.0315. The van der Waals surface area contributed by atoms with Crippen LogP contribution in [0.5, 0.6) is 0 Å². The van der Waals surface area contributed by atoms with Crippen LogP contribution in [0.25, 0.3) is 0 Å². The first-order valence-electron chi connectivity index (χ1n) is 21.6. The Kier molecular flexibility index (Phi) is 13.6. The molecule has 0 radical (unpaired) electrons. The molecule has 6 aromatic rings. The van der Waals surface area contributed by atoms with E-state index in [1.54, 1.807) is 24.3 Å². The van der Waals surface area contributed by atoms with Crippen LogP contribution in [0.2, 0.25) is 0 Å². The quantitative estimate of drug-likeness (QED) is 0.0970. The van der Waals surface area contributed by atoms with Gasteiger partial charge in [0.1, 0.15) is 0 Å². The molecular formula is C54H64N2O2S. The van der Waals surface area contributed by atoms with Crippen molar-refractivity contribution in [3.05, 3.63) is 168 Å². The first-order valence-corrected chi connectivity index (χ1v) is 23.0. The molecule has 0 saturated heterocycles. The van der Waals surface area contributed by atoms with E-state index >= 15 is 0 Å². The van der Waals surface area contributed by atoms with Gasteiger partial charge in [-0.25, -0.2) is 8.42 Å². The molecule has 1 atom stereocenters. The number of rotatable bonds is 15. The molecular weight excluding hydrogens is 741 g/mol. The van der Waals surface area contributed by atoms with Crippen molar-refractivity contribution in [2.45, 2.75) is 127 Å². The van der Waals surface area contributed by atoms with Crippen molar-refractivity contribution in [1.29, 1.82) is 0 Å². The predicted octanol–water partition coefficient (Wildman–Crippen LogP) is 15.7. The van der Waals surface area contributed by atoms with Crippen LogP contribution in [0.3, 0.4) is 0 Å². The van der Waals surface area contributed by atoms with E-state index in [4.69, 9.17) is 0 Å². The van der Waals surface area contributed by atoms with Gasteiger partial charge >= 0.3 is 0 Å². The second-order valence-electron chi connectivity index (χ2n) is 18.2. The van der Waals surface area contributed by atoms with Gasteiger partial charge in [-0.1, -0.05) is 130 Å². The molecule has 1 unspecified atom stereocenters. The van der Waals surface area contributed by atoms with Gasteiger partial charge < -0.3 is 9.80 Å². The molecule has 5 heteroatoms. The molecule has 0 bridgehead atoms. The number of sulfone groups is 1. The Morgan fingerprint density at radius 2 is 0.797 bits per heavy atom. The summed E-state index contributed by atoms with van der Waals surface area (Å²) in [5.41, 5.74) is 11.1. The first-order chi connectivity index (χ1) is 28.1. The number of benzene rings is 6. The topological polar surface area (TPSA) is 40.6 Å². The summed E-state index contributed by atoms with van der Waals surface area (Å²) in [5, 5.41) is 0. The van der Waals surface area contributed by atoms with Crippen molar-refractivity contribution in [2.24, 2.45) is 0 Å². The fourth-order valence-corrected chi connectivity index (χ4v) is 9.00.